The number of hydrogen-bond donors (Lipinski definition) is 2. The second-order valence-electron chi connectivity index (χ2n) is 9.85. The molecule has 1 aliphatic rings. The normalized spacial score (nSPS) is 24.2. The molecule has 0 aromatic rings. The predicted octanol–water partition coefficient (Wildman–Crippen LogP) is 8.01. The highest BCUT2D eigenvalue weighted by Gasteiger charge is 2.62. The zero-order valence-electron chi connectivity index (χ0n) is 20.5. The molecule has 31 heavy (non-hydrogen) atoms. The molecule has 0 amide bonds. The first-order valence-electron chi connectivity index (χ1n) is 13.0. The summed E-state index contributed by atoms with van der Waals surface area (Å²) in [5.74, 6) is -2.05. The lowest BCUT2D eigenvalue weighted by molar-refractivity contribution is -0.182. The van der Waals surface area contributed by atoms with Crippen molar-refractivity contribution in [2.75, 3.05) is 0 Å². The van der Waals surface area contributed by atoms with Crippen molar-refractivity contribution in [3.63, 3.8) is 0 Å². The summed E-state index contributed by atoms with van der Waals surface area (Å²) in [6.07, 6.45) is 21.7. The largest absolute Gasteiger partial charge is 0.481 e. The standard InChI is InChI=1S/C27H48O4/c1-4-6-7-8-9-10-11-12-13-14-15-16-17-20-26(24(28)29)21-18-19-22-27(26,25(30)31)23(3)5-2/h18-19,23H,4-17,20-22H2,1-3H3,(H,28,29)(H,30,31). The average molecular weight is 437 g/mol. The molecule has 0 aromatic heterocycles. The van der Waals surface area contributed by atoms with E-state index < -0.39 is 22.8 Å². The highest BCUT2D eigenvalue weighted by molar-refractivity contribution is 5.87. The molecule has 180 valence electrons. The first-order valence-corrected chi connectivity index (χ1v) is 13.0. The van der Waals surface area contributed by atoms with E-state index in [0.717, 1.165) is 19.3 Å². The summed E-state index contributed by atoms with van der Waals surface area (Å²) in [5.41, 5.74) is -2.40. The fourth-order valence-electron chi connectivity index (χ4n) is 5.61. The Labute approximate surface area is 190 Å². The van der Waals surface area contributed by atoms with Gasteiger partial charge in [0.25, 0.3) is 0 Å². The van der Waals surface area contributed by atoms with Crippen molar-refractivity contribution in [2.45, 2.75) is 130 Å². The van der Waals surface area contributed by atoms with E-state index in [1.807, 2.05) is 26.0 Å². The van der Waals surface area contributed by atoms with Gasteiger partial charge in [-0.25, -0.2) is 0 Å². The maximum Gasteiger partial charge on any atom is 0.311 e. The van der Waals surface area contributed by atoms with Crippen LogP contribution in [0.1, 0.15) is 130 Å². The molecular formula is C27H48O4. The molecule has 3 atom stereocenters. The molecule has 3 unspecified atom stereocenters. The van der Waals surface area contributed by atoms with E-state index in [2.05, 4.69) is 6.92 Å². The van der Waals surface area contributed by atoms with Crippen LogP contribution in [0, 0.1) is 16.7 Å². The maximum atomic E-state index is 12.5. The van der Waals surface area contributed by atoms with Gasteiger partial charge in [0.2, 0.25) is 0 Å². The minimum Gasteiger partial charge on any atom is -0.481 e. The monoisotopic (exact) mass is 436 g/mol. The molecule has 0 radical (unpaired) electrons. The van der Waals surface area contributed by atoms with Gasteiger partial charge in [-0.3, -0.25) is 9.59 Å². The fraction of sp³-hybridized carbons (Fsp3) is 0.852. The average Bonchev–Trinajstić information content (AvgIpc) is 2.76. The highest BCUT2D eigenvalue weighted by atomic mass is 16.4. The Morgan fingerprint density at radius 2 is 1.19 bits per heavy atom. The molecular weight excluding hydrogens is 388 g/mol. The molecule has 0 spiro atoms. The van der Waals surface area contributed by atoms with Crippen LogP contribution in [-0.4, -0.2) is 22.2 Å². The van der Waals surface area contributed by atoms with E-state index in [4.69, 9.17) is 0 Å². The summed E-state index contributed by atoms with van der Waals surface area (Å²) in [4.78, 5) is 24.9. The van der Waals surface area contributed by atoms with Crippen LogP contribution in [-0.2, 0) is 9.59 Å². The summed E-state index contributed by atoms with van der Waals surface area (Å²) in [5, 5.41) is 20.4. The molecule has 0 fully saturated rings. The minimum atomic E-state index is -1.21. The van der Waals surface area contributed by atoms with Crippen LogP contribution in [0.25, 0.3) is 0 Å². The van der Waals surface area contributed by atoms with Gasteiger partial charge >= 0.3 is 11.9 Å². The Kier molecular flexibility index (Phi) is 13.1. The van der Waals surface area contributed by atoms with Crippen LogP contribution in [0.5, 0.6) is 0 Å². The van der Waals surface area contributed by atoms with Gasteiger partial charge < -0.3 is 10.2 Å². The Morgan fingerprint density at radius 1 is 0.742 bits per heavy atom. The van der Waals surface area contributed by atoms with Crippen molar-refractivity contribution in [1.82, 2.24) is 0 Å². The van der Waals surface area contributed by atoms with Crippen LogP contribution in [0.4, 0.5) is 0 Å². The van der Waals surface area contributed by atoms with E-state index >= 15 is 0 Å². The molecule has 4 nitrogen and oxygen atoms in total. The number of carboxylic acid groups (broad SMARTS) is 2. The van der Waals surface area contributed by atoms with Crippen molar-refractivity contribution < 1.29 is 19.8 Å². The smallest absolute Gasteiger partial charge is 0.311 e. The number of allylic oxidation sites excluding steroid dienone is 2. The summed E-state index contributed by atoms with van der Waals surface area (Å²) >= 11 is 0. The molecule has 1 rings (SSSR count). The first kappa shape index (κ1) is 27.7. The molecule has 0 saturated carbocycles. The van der Waals surface area contributed by atoms with Gasteiger partial charge in [0.05, 0.1) is 10.8 Å². The fourth-order valence-corrected chi connectivity index (χ4v) is 5.61. The molecule has 4 heteroatoms. The Morgan fingerprint density at radius 3 is 1.61 bits per heavy atom. The lowest BCUT2D eigenvalue weighted by Crippen LogP contribution is -2.56. The van der Waals surface area contributed by atoms with E-state index in [0.29, 0.717) is 25.7 Å². The topological polar surface area (TPSA) is 74.6 Å². The zero-order valence-corrected chi connectivity index (χ0v) is 20.5. The van der Waals surface area contributed by atoms with E-state index in [1.54, 1.807) is 0 Å². The molecule has 2 N–H and O–H groups in total. The Balaban J connectivity index is 2.44. The van der Waals surface area contributed by atoms with Crippen LogP contribution < -0.4 is 0 Å². The third kappa shape index (κ3) is 7.36. The third-order valence-electron chi connectivity index (χ3n) is 7.88. The summed E-state index contributed by atoms with van der Waals surface area (Å²) in [6.45, 7) is 6.13. The van der Waals surface area contributed by atoms with Crippen LogP contribution in [0.2, 0.25) is 0 Å². The van der Waals surface area contributed by atoms with Crippen molar-refractivity contribution >= 4 is 11.9 Å². The summed E-state index contributed by atoms with van der Waals surface area (Å²) < 4.78 is 0. The molecule has 1 aliphatic carbocycles. The maximum absolute atomic E-state index is 12.5. The van der Waals surface area contributed by atoms with Crippen molar-refractivity contribution in [3.8, 4) is 0 Å². The quantitative estimate of drug-likeness (QED) is 0.168. The van der Waals surface area contributed by atoms with E-state index in [1.165, 1.54) is 64.2 Å². The number of carbonyl (C=O) groups is 2. The number of carboxylic acids is 2. The number of rotatable bonds is 18. The third-order valence-corrected chi connectivity index (χ3v) is 7.88. The van der Waals surface area contributed by atoms with Gasteiger partial charge in [0.1, 0.15) is 0 Å². The van der Waals surface area contributed by atoms with Gasteiger partial charge in [-0.05, 0) is 25.2 Å². The summed E-state index contributed by atoms with van der Waals surface area (Å²) in [7, 11) is 0. The van der Waals surface area contributed by atoms with Crippen LogP contribution in [0.3, 0.4) is 0 Å². The van der Waals surface area contributed by atoms with Gasteiger partial charge in [-0.15, -0.1) is 0 Å². The van der Waals surface area contributed by atoms with Crippen LogP contribution in [0.15, 0.2) is 12.2 Å². The molecule has 0 bridgehead atoms. The van der Waals surface area contributed by atoms with Crippen molar-refractivity contribution in [2.24, 2.45) is 16.7 Å². The number of unbranched alkanes of at least 4 members (excludes halogenated alkanes) is 12. The van der Waals surface area contributed by atoms with Crippen molar-refractivity contribution in [1.29, 1.82) is 0 Å². The second-order valence-corrected chi connectivity index (χ2v) is 9.85. The SMILES string of the molecule is CCCCCCCCCCCCCCCC1(C(=O)O)CC=CCC1(C(=O)O)C(C)CC. The first-order chi connectivity index (χ1) is 14.9. The number of aliphatic carboxylic acids is 2. The van der Waals surface area contributed by atoms with Gasteiger partial charge in [0.15, 0.2) is 0 Å². The number of hydrogen-bond acceptors (Lipinski definition) is 2. The molecule has 0 aliphatic heterocycles. The van der Waals surface area contributed by atoms with Gasteiger partial charge in [0, 0.05) is 0 Å². The lowest BCUT2D eigenvalue weighted by atomic mass is 9.50. The second kappa shape index (κ2) is 14.7. The zero-order chi connectivity index (χ0) is 23.2. The Hall–Kier alpha value is -1.32. The van der Waals surface area contributed by atoms with E-state index in [-0.39, 0.29) is 5.92 Å². The molecule has 0 aromatic carbocycles. The van der Waals surface area contributed by atoms with Crippen molar-refractivity contribution in [3.05, 3.63) is 12.2 Å². The van der Waals surface area contributed by atoms with Gasteiger partial charge in [-0.1, -0.05) is 123 Å². The Bertz CT molecular complexity index is 555. The lowest BCUT2D eigenvalue weighted by Gasteiger charge is -2.50. The highest BCUT2D eigenvalue weighted by Crippen LogP contribution is 2.57. The van der Waals surface area contributed by atoms with E-state index in [9.17, 15) is 19.8 Å². The molecule has 0 heterocycles. The predicted molar refractivity (Wildman–Crippen MR) is 128 cm³/mol. The summed E-state index contributed by atoms with van der Waals surface area (Å²) in [6, 6.07) is 0. The molecule has 0 saturated heterocycles. The van der Waals surface area contributed by atoms with Gasteiger partial charge in [-0.2, -0.15) is 0 Å². The van der Waals surface area contributed by atoms with Crippen LogP contribution >= 0.6 is 0 Å². The minimum absolute atomic E-state index is 0.173.